The van der Waals surface area contributed by atoms with Gasteiger partial charge in [-0.05, 0) is 12.1 Å². The van der Waals surface area contributed by atoms with Crippen molar-refractivity contribution in [3.8, 4) is 0 Å². The molecular formula is C9H7NO6-2. The summed E-state index contributed by atoms with van der Waals surface area (Å²) in [5.41, 5.74) is 0. The van der Waals surface area contributed by atoms with E-state index in [0.29, 0.717) is 0 Å². The molecule has 0 saturated carbocycles. The number of hydrogen-bond donors (Lipinski definition) is 1. The second kappa shape index (κ2) is 4.96. The number of nitrogens with one attached hydrogen (secondary N) is 1. The maximum Gasteiger partial charge on any atom is 0.287 e. The lowest BCUT2D eigenvalue weighted by atomic mass is 10.2. The lowest BCUT2D eigenvalue weighted by Crippen LogP contribution is -2.50. The average molecular weight is 225 g/mol. The van der Waals surface area contributed by atoms with Crippen molar-refractivity contribution in [3.05, 3.63) is 24.2 Å². The van der Waals surface area contributed by atoms with Gasteiger partial charge >= 0.3 is 0 Å². The van der Waals surface area contributed by atoms with Crippen LogP contribution in [0.4, 0.5) is 0 Å². The van der Waals surface area contributed by atoms with E-state index in [0.717, 1.165) is 0 Å². The number of rotatable bonds is 5. The second-order valence-corrected chi connectivity index (χ2v) is 2.90. The molecule has 0 aromatic carbocycles. The molecule has 0 aliphatic carbocycles. The van der Waals surface area contributed by atoms with E-state index in [1.54, 1.807) is 0 Å². The molecule has 16 heavy (non-hydrogen) atoms. The van der Waals surface area contributed by atoms with E-state index >= 15 is 0 Å². The Bertz CT molecular complexity index is 396. The summed E-state index contributed by atoms with van der Waals surface area (Å²) in [5.74, 6) is -4.26. The van der Waals surface area contributed by atoms with E-state index in [4.69, 9.17) is 4.42 Å². The van der Waals surface area contributed by atoms with E-state index in [-0.39, 0.29) is 5.76 Å². The molecule has 1 rings (SSSR count). The molecule has 0 bridgehead atoms. The number of carbonyl (C=O) groups excluding carboxylic acids is 3. The van der Waals surface area contributed by atoms with Gasteiger partial charge in [-0.25, -0.2) is 0 Å². The van der Waals surface area contributed by atoms with Gasteiger partial charge in [-0.2, -0.15) is 0 Å². The maximum atomic E-state index is 11.3. The number of hydrogen-bond acceptors (Lipinski definition) is 6. The van der Waals surface area contributed by atoms with Crippen molar-refractivity contribution in [2.75, 3.05) is 0 Å². The van der Waals surface area contributed by atoms with Gasteiger partial charge in [0.2, 0.25) is 0 Å². The van der Waals surface area contributed by atoms with Crippen LogP contribution in [0.5, 0.6) is 0 Å². The van der Waals surface area contributed by atoms with E-state index in [1.165, 1.54) is 18.4 Å². The van der Waals surface area contributed by atoms with E-state index in [1.807, 2.05) is 5.32 Å². The fourth-order valence-electron chi connectivity index (χ4n) is 0.997. The maximum absolute atomic E-state index is 11.3. The molecule has 1 atom stereocenters. The van der Waals surface area contributed by atoms with Crippen LogP contribution in [0.25, 0.3) is 0 Å². The fourth-order valence-corrected chi connectivity index (χ4v) is 0.997. The SMILES string of the molecule is O=C([O-])C[C@@H](NC(=O)c1ccco1)C(=O)[O-]. The predicted molar refractivity (Wildman–Crippen MR) is 44.6 cm³/mol. The molecule has 1 heterocycles. The van der Waals surface area contributed by atoms with Crippen LogP contribution in [0.3, 0.4) is 0 Å². The number of aliphatic carboxylic acids is 2. The minimum absolute atomic E-state index is 0.121. The zero-order chi connectivity index (χ0) is 12.1. The van der Waals surface area contributed by atoms with Crippen LogP contribution in [-0.2, 0) is 9.59 Å². The van der Waals surface area contributed by atoms with Crippen LogP contribution in [-0.4, -0.2) is 23.9 Å². The highest BCUT2D eigenvalue weighted by Gasteiger charge is 2.16. The first-order valence-corrected chi connectivity index (χ1v) is 4.25. The summed E-state index contributed by atoms with van der Waals surface area (Å²) in [5, 5.41) is 22.6. The number of carboxylic acids is 2. The highest BCUT2D eigenvalue weighted by molar-refractivity contribution is 5.94. The molecule has 0 radical (unpaired) electrons. The third-order valence-corrected chi connectivity index (χ3v) is 1.71. The van der Waals surface area contributed by atoms with Gasteiger partial charge in [0.05, 0.1) is 18.3 Å². The van der Waals surface area contributed by atoms with Crippen molar-refractivity contribution < 1.29 is 29.0 Å². The van der Waals surface area contributed by atoms with Gasteiger partial charge in [-0.15, -0.1) is 0 Å². The van der Waals surface area contributed by atoms with Crippen molar-refractivity contribution in [2.24, 2.45) is 0 Å². The summed E-state index contributed by atoms with van der Waals surface area (Å²) in [6, 6.07) is 1.09. The molecule has 1 aromatic rings. The Morgan fingerprint density at radius 2 is 2.06 bits per heavy atom. The molecule has 0 unspecified atom stereocenters. The third kappa shape index (κ3) is 3.12. The molecule has 0 aliphatic heterocycles. The third-order valence-electron chi connectivity index (χ3n) is 1.71. The molecule has 0 aliphatic rings. The van der Waals surface area contributed by atoms with Gasteiger partial charge in [0.1, 0.15) is 0 Å². The number of furan rings is 1. The van der Waals surface area contributed by atoms with Crippen LogP contribution in [0.15, 0.2) is 22.8 Å². The average Bonchev–Trinajstić information content (AvgIpc) is 2.68. The van der Waals surface area contributed by atoms with Gasteiger partial charge in [-0.3, -0.25) is 4.79 Å². The van der Waals surface area contributed by atoms with E-state index in [2.05, 4.69) is 0 Å². The minimum atomic E-state index is -1.70. The summed E-state index contributed by atoms with van der Waals surface area (Å²) in [6.45, 7) is 0. The molecule has 7 nitrogen and oxygen atoms in total. The summed E-state index contributed by atoms with van der Waals surface area (Å²) < 4.78 is 4.69. The first-order valence-electron chi connectivity index (χ1n) is 4.25. The monoisotopic (exact) mass is 225 g/mol. The molecule has 0 fully saturated rings. The molecule has 1 aromatic heterocycles. The molecule has 0 spiro atoms. The van der Waals surface area contributed by atoms with Crippen molar-refractivity contribution in [2.45, 2.75) is 12.5 Å². The number of carbonyl (C=O) groups is 3. The molecule has 1 amide bonds. The Hall–Kier alpha value is -2.31. The summed E-state index contributed by atoms with van der Waals surface area (Å²) in [7, 11) is 0. The normalized spacial score (nSPS) is 11.8. The van der Waals surface area contributed by atoms with Gasteiger partial charge in [-0.1, -0.05) is 0 Å². The Morgan fingerprint density at radius 1 is 1.38 bits per heavy atom. The summed E-state index contributed by atoms with van der Waals surface area (Å²) in [6.07, 6.45) is 0.358. The smallest absolute Gasteiger partial charge is 0.287 e. The molecule has 7 heteroatoms. The van der Waals surface area contributed by atoms with E-state index < -0.39 is 30.3 Å². The Balaban J connectivity index is 2.65. The quantitative estimate of drug-likeness (QED) is 0.580. The second-order valence-electron chi connectivity index (χ2n) is 2.90. The standard InChI is InChI=1S/C9H9NO6/c11-7(12)4-5(9(14)15)10-8(13)6-2-1-3-16-6/h1-3,5H,4H2,(H,10,13)(H,11,12)(H,14,15)/p-2/t5-/m1/s1. The van der Waals surface area contributed by atoms with Crippen LogP contribution >= 0.6 is 0 Å². The largest absolute Gasteiger partial charge is 0.550 e. The van der Waals surface area contributed by atoms with Crippen LogP contribution in [0.2, 0.25) is 0 Å². The minimum Gasteiger partial charge on any atom is -0.550 e. The van der Waals surface area contributed by atoms with Gasteiger partial charge in [0, 0.05) is 12.4 Å². The Kier molecular flexibility index (Phi) is 3.65. The van der Waals surface area contributed by atoms with Crippen LogP contribution in [0.1, 0.15) is 17.0 Å². The fraction of sp³-hybridized carbons (Fsp3) is 0.222. The summed E-state index contributed by atoms with van der Waals surface area (Å²) in [4.78, 5) is 32.0. The first-order chi connectivity index (χ1) is 7.50. The first kappa shape index (κ1) is 11.8. The van der Waals surface area contributed by atoms with Gasteiger partial charge in [0.15, 0.2) is 5.76 Å². The van der Waals surface area contributed by atoms with E-state index in [9.17, 15) is 24.6 Å². The lowest BCUT2D eigenvalue weighted by Gasteiger charge is -2.19. The molecule has 86 valence electrons. The zero-order valence-corrected chi connectivity index (χ0v) is 7.97. The van der Waals surface area contributed by atoms with Gasteiger partial charge in [0.25, 0.3) is 5.91 Å². The number of amides is 1. The van der Waals surface area contributed by atoms with Gasteiger partial charge < -0.3 is 29.5 Å². The lowest BCUT2D eigenvalue weighted by molar-refractivity contribution is -0.317. The Labute approximate surface area is 89.7 Å². The van der Waals surface area contributed by atoms with Crippen molar-refractivity contribution in [1.82, 2.24) is 5.32 Å². The topological polar surface area (TPSA) is 122 Å². The molecule has 1 N–H and O–H groups in total. The van der Waals surface area contributed by atoms with Crippen LogP contribution in [0, 0.1) is 0 Å². The predicted octanol–water partition coefficient (Wildman–Crippen LogP) is -2.73. The highest BCUT2D eigenvalue weighted by Crippen LogP contribution is 2.01. The van der Waals surface area contributed by atoms with Crippen molar-refractivity contribution in [3.63, 3.8) is 0 Å². The van der Waals surface area contributed by atoms with Crippen molar-refractivity contribution in [1.29, 1.82) is 0 Å². The zero-order valence-electron chi connectivity index (χ0n) is 7.97. The Morgan fingerprint density at radius 3 is 2.50 bits per heavy atom. The highest BCUT2D eigenvalue weighted by atomic mass is 16.4. The van der Waals surface area contributed by atoms with Crippen LogP contribution < -0.4 is 15.5 Å². The summed E-state index contributed by atoms with van der Waals surface area (Å²) >= 11 is 0. The molecule has 0 saturated heterocycles. The van der Waals surface area contributed by atoms with Crippen molar-refractivity contribution >= 4 is 17.8 Å². The molecular weight excluding hydrogens is 218 g/mol. The number of carboxylic acid groups (broad SMARTS) is 2.